The Morgan fingerprint density at radius 1 is 0.403 bits per heavy atom. The average Bonchev–Trinajstić information content (AvgIpc) is 0.778. The van der Waals surface area contributed by atoms with Crippen molar-refractivity contribution in [3.63, 3.8) is 0 Å². The van der Waals surface area contributed by atoms with Crippen LogP contribution in [0, 0.1) is 0 Å². The number of aliphatic carboxylic acids is 5. The van der Waals surface area contributed by atoms with Crippen LogP contribution in [0.4, 0.5) is 14.4 Å². The molecule has 63 heteroatoms. The number of carbonyl (C=O) groups is 8. The van der Waals surface area contributed by atoms with Crippen molar-refractivity contribution in [1.82, 2.24) is 16.0 Å². The van der Waals surface area contributed by atoms with E-state index < -0.39 is 157 Å². The summed E-state index contributed by atoms with van der Waals surface area (Å²) in [4.78, 5) is 208. The number of carboxylic acids is 5. The topological polar surface area (TPSA) is 1060 Å². The molecule has 0 bridgehead atoms. The fourth-order valence-electron chi connectivity index (χ4n) is 5.28. The number of phosphoric ester groups is 2. The van der Waals surface area contributed by atoms with Crippen molar-refractivity contribution in [2.45, 2.75) is 224 Å². The number of hydrogen-bond donors (Lipinski definition) is 37. The summed E-state index contributed by atoms with van der Waals surface area (Å²) in [6.45, 7) is 15.2. The molecule has 44 N–H and O–H groups in total. The fourth-order valence-corrected chi connectivity index (χ4v) is 9.17. The summed E-state index contributed by atoms with van der Waals surface area (Å²) in [5.74, 6) is -6.10. The molecule has 0 radical (unpaired) electrons. The van der Waals surface area contributed by atoms with E-state index in [0.717, 1.165) is 57.8 Å². The number of amides is 3. The normalized spacial score (nSPS) is 11.4. The maximum Gasteiger partial charge on any atom is 0.469 e. The van der Waals surface area contributed by atoms with Crippen LogP contribution >= 0.6 is 61.2 Å². The van der Waals surface area contributed by atoms with Crippen LogP contribution in [-0.2, 0) is 69.5 Å². The first-order valence-corrected chi connectivity index (χ1v) is 48.1. The van der Waals surface area contributed by atoms with E-state index in [4.69, 9.17) is 162 Å². The number of hydrogen-bond acceptors (Lipinski definition) is 28. The Labute approximate surface area is 690 Å². The van der Waals surface area contributed by atoms with Gasteiger partial charge in [0.15, 0.2) is 0 Å². The van der Waals surface area contributed by atoms with Gasteiger partial charge < -0.3 is 191 Å². The van der Waals surface area contributed by atoms with Crippen LogP contribution in [0.2, 0.25) is 0 Å². The molecule has 2 atom stereocenters. The van der Waals surface area contributed by atoms with Crippen LogP contribution in [0.15, 0.2) is 13.2 Å². The molecule has 0 spiro atoms. The number of nitrogens with one attached hydrogen (secondary N) is 3. The number of aliphatic hydroxyl groups is 3. The first-order valence-electron chi connectivity index (χ1n) is 35.1. The minimum absolute atomic E-state index is 0.0694. The predicted molar refractivity (Wildman–Crippen MR) is 433 cm³/mol. The lowest BCUT2D eigenvalue weighted by Crippen LogP contribution is -2.37. The Morgan fingerprint density at radius 3 is 0.765 bits per heavy atom. The standard InChI is InChI=1S/C16H33NO2.C8H17NO2.C6H13NO2.C5H10O2.C3H8NO6P.C3H7NO2.C2H9NO7P2.C2H8NO4P.C2H8NO3P.C2H5NO2.C2H8O7P2.C2H4O3.C2H4.CH6NO3P/c1-2-3-4-5-6-7-8-9-10-11-12-13-14-15-17-16(18)19;1-2-3-4-5-6-7-9-8(10)11;1-2-3-4-5-7-6(8)9;1-2-3-4-5(6)7;4-2(3(5)6)1-10-11(7,8)9;4-2-1-3(5)6;3-1-2(4,11(5,6)7)12(8,9)10;3-1-2-7-8(4,5)6;1-2(3)7(4,5)6;3-1-2(4)5;1-2(3,10(4,5)6)11(7,8)9;3-1-2(4)5;1-2;2-1-6(3,4)5/h17H,2-15H2,1H3,(H,18,19);9H,2-7H2,1H3,(H,10,11);7H,2-5H2,1H3,(H,8,9);2-4H2,1H3,(H,6,7);2H,1,4H2,(H,5,6)(H2,7,8,9);1-2,4H2,(H,5,6);4H,1,3H2,(H2,5,6,7)(H2,8,9,10);1-3H2,(H2,4,5,6);2H,3H2,1H3,(H2,4,5,6);1,3H2,(H,4,5);3H,1H3,(H2,4,5,6)(H2,7,8,9);3H,1H2,(H,4,5);1-2H2;1-2H2,(H2,3,4,5). The van der Waals surface area contributed by atoms with Crippen molar-refractivity contribution in [1.29, 1.82) is 0 Å². The van der Waals surface area contributed by atoms with Crippen LogP contribution in [0.5, 0.6) is 0 Å². The van der Waals surface area contributed by atoms with Crippen LogP contribution in [0.3, 0.4) is 0 Å². The zero-order valence-electron chi connectivity index (χ0n) is 67.6. The summed E-state index contributed by atoms with van der Waals surface area (Å²) in [7, 11) is -37.8. The van der Waals surface area contributed by atoms with Gasteiger partial charge in [-0.05, 0) is 39.5 Å². The van der Waals surface area contributed by atoms with E-state index in [-0.39, 0.29) is 32.7 Å². The lowest BCUT2D eigenvalue weighted by atomic mass is 10.0. The van der Waals surface area contributed by atoms with E-state index in [9.17, 15) is 70.1 Å². The van der Waals surface area contributed by atoms with E-state index in [0.29, 0.717) is 33.0 Å². The second kappa shape index (κ2) is 89.9. The summed E-state index contributed by atoms with van der Waals surface area (Å²) in [5, 5.41) is 89.1. The molecule has 0 aromatic heterocycles. The lowest BCUT2D eigenvalue weighted by molar-refractivity contribution is -0.140. The molecule has 0 heterocycles. The minimum atomic E-state index is -5.34. The lowest BCUT2D eigenvalue weighted by Gasteiger charge is -2.27. The highest BCUT2D eigenvalue weighted by atomic mass is 31.2. The maximum atomic E-state index is 10.4. The number of rotatable bonds is 45. The predicted octanol–water partition coefficient (Wildman–Crippen LogP) is 1.66. The van der Waals surface area contributed by atoms with Crippen molar-refractivity contribution < 1.29 is 218 Å². The van der Waals surface area contributed by atoms with Crippen molar-refractivity contribution in [3.05, 3.63) is 13.2 Å². The number of aliphatic hydroxyl groups excluding tert-OH is 1. The Kier molecular flexibility index (Phi) is 110. The number of phosphoric acid groups is 2. The molecular formula is C56H140N10O45P8. The maximum absolute atomic E-state index is 10.4. The quantitative estimate of drug-likeness (QED) is 0.0234. The van der Waals surface area contributed by atoms with Crippen molar-refractivity contribution >= 4 is 109 Å². The molecule has 724 valence electrons. The monoisotopic (exact) mass is 1920 g/mol. The van der Waals surface area contributed by atoms with Gasteiger partial charge in [0.2, 0.25) is 0 Å². The van der Waals surface area contributed by atoms with Crippen LogP contribution in [0.25, 0.3) is 0 Å². The van der Waals surface area contributed by atoms with Gasteiger partial charge >= 0.3 is 109 Å². The average molecular weight is 1920 g/mol. The largest absolute Gasteiger partial charge is 0.481 e. The summed E-state index contributed by atoms with van der Waals surface area (Å²) >= 11 is 0. The first kappa shape index (κ1) is 146. The molecule has 0 rings (SSSR count). The fraction of sp³-hybridized carbons (Fsp3) is 0.821. The molecule has 2 unspecified atom stereocenters. The number of nitrogens with two attached hydrogens (primary N) is 7. The van der Waals surface area contributed by atoms with Gasteiger partial charge in [0, 0.05) is 45.7 Å². The highest BCUT2D eigenvalue weighted by Gasteiger charge is 2.58. The zero-order valence-corrected chi connectivity index (χ0v) is 74.7. The van der Waals surface area contributed by atoms with Crippen molar-refractivity contribution in [2.24, 2.45) is 40.1 Å². The van der Waals surface area contributed by atoms with Crippen molar-refractivity contribution in [3.8, 4) is 0 Å². The Morgan fingerprint density at radius 2 is 0.647 bits per heavy atom. The van der Waals surface area contributed by atoms with Gasteiger partial charge in [-0.3, -0.25) is 55.6 Å². The number of carboxylic acid groups (broad SMARTS) is 8. The zero-order chi connectivity index (χ0) is 97.8. The van der Waals surface area contributed by atoms with Crippen LogP contribution in [0.1, 0.15) is 202 Å². The third-order valence-electron chi connectivity index (χ3n) is 11.8. The smallest absolute Gasteiger partial charge is 0.469 e. The van der Waals surface area contributed by atoms with Gasteiger partial charge in [0.05, 0.1) is 32.5 Å². The first-order chi connectivity index (χ1) is 53.8. The molecule has 119 heavy (non-hydrogen) atoms. The molecule has 0 aromatic rings. The SMILES string of the molecule is C=C.CC(N)P(=O)(O)O.CC(O)(P(=O)(O)O)P(=O)(O)O.CCCCC(=O)O.CCCCCCCCCCCCCCCNC(=O)O.CCCCCCCNC(=O)O.CCCCCNC(=O)O.NC(COP(=O)(O)O)C(=O)O.NCC(=O)O.NCC(O)(P(=O)(O)O)P(=O)(O)O.NCCC(=O)O.NCCOP(=O)(O)O.NCP(=O)(O)O.O=C(O)CO. The second-order valence-corrected chi connectivity index (χ2v) is 37.2. The van der Waals surface area contributed by atoms with Gasteiger partial charge in [0.25, 0.3) is 10.2 Å². The molecule has 0 fully saturated rings. The van der Waals surface area contributed by atoms with E-state index >= 15 is 0 Å². The summed E-state index contributed by atoms with van der Waals surface area (Å²) in [6.07, 6.45) is 25.0. The van der Waals surface area contributed by atoms with Gasteiger partial charge in [-0.15, -0.1) is 13.2 Å². The Bertz CT molecular complexity index is 2840. The van der Waals surface area contributed by atoms with Gasteiger partial charge in [-0.1, -0.05) is 150 Å². The van der Waals surface area contributed by atoms with Crippen LogP contribution < -0.4 is 56.1 Å². The Balaban J connectivity index is -0.0000000849. The Hall–Kier alpha value is -4.38. The third-order valence-corrected chi connectivity index (χ3v) is 21.9. The highest BCUT2D eigenvalue weighted by Crippen LogP contribution is 2.67. The van der Waals surface area contributed by atoms with Gasteiger partial charge in [0.1, 0.15) is 18.4 Å². The van der Waals surface area contributed by atoms with Crippen LogP contribution in [-0.4, -0.2) is 277 Å². The molecule has 0 aliphatic rings. The second-order valence-electron chi connectivity index (χ2n) is 22.8. The minimum Gasteiger partial charge on any atom is -0.481 e. The van der Waals surface area contributed by atoms with E-state index in [1.807, 2.05) is 6.92 Å². The number of unbranched alkanes of at least 4 members (excludes halogenated alkanes) is 19. The summed E-state index contributed by atoms with van der Waals surface area (Å²) in [6, 6.07) is -1.41. The molecule has 3 amide bonds. The van der Waals surface area contributed by atoms with Gasteiger partial charge in [-0.2, -0.15) is 0 Å². The van der Waals surface area contributed by atoms with E-state index in [1.54, 1.807) is 0 Å². The molecule has 0 aliphatic heterocycles. The molecule has 55 nitrogen and oxygen atoms in total. The van der Waals surface area contributed by atoms with Gasteiger partial charge in [-0.25, -0.2) is 28.3 Å². The third kappa shape index (κ3) is 143. The molecule has 0 saturated heterocycles. The molecule has 0 saturated carbocycles. The molecular weight excluding hydrogens is 1780 g/mol. The van der Waals surface area contributed by atoms with Crippen molar-refractivity contribution in [2.75, 3.05) is 71.9 Å². The van der Waals surface area contributed by atoms with E-state index in [2.05, 4.69) is 76.1 Å². The summed E-state index contributed by atoms with van der Waals surface area (Å²) in [5.41, 5.74) is 33.1. The van der Waals surface area contributed by atoms with E-state index in [1.165, 1.54) is 96.8 Å². The highest BCUT2D eigenvalue weighted by molar-refractivity contribution is 7.72. The summed E-state index contributed by atoms with van der Waals surface area (Å²) < 4.78 is 88.3. The molecule has 0 aromatic carbocycles. The molecule has 0 aliphatic carbocycles.